The van der Waals surface area contributed by atoms with Gasteiger partial charge >= 0.3 is 7.82 Å². The van der Waals surface area contributed by atoms with Crippen molar-refractivity contribution in [1.29, 1.82) is 0 Å². The molecule has 0 aromatic rings. The van der Waals surface area contributed by atoms with Crippen molar-refractivity contribution in [3.63, 3.8) is 0 Å². The summed E-state index contributed by atoms with van der Waals surface area (Å²) in [5, 5.41) is 20.6. The molecule has 0 aliphatic carbocycles. The fourth-order valence-electron chi connectivity index (χ4n) is 3.39. The first kappa shape index (κ1) is 26.3. The first-order valence-electron chi connectivity index (χ1n) is 10.5. The zero-order valence-electron chi connectivity index (χ0n) is 18.5. The number of hydrogen-bond acceptors (Lipinski definition) is 9. The SMILES string of the molecule is B[C@@H]1O[C@H](COP(=O)(O)O[C@@H]2C(O)[C@H](B)O[C@@H]2COC(C)C)[C@H](OCC(C)C)C1O. The van der Waals surface area contributed by atoms with Gasteiger partial charge in [-0.3, -0.25) is 9.05 Å². The number of phosphoric ester groups is 1. The van der Waals surface area contributed by atoms with Crippen LogP contribution in [0, 0.1) is 5.92 Å². The van der Waals surface area contributed by atoms with Crippen LogP contribution >= 0.6 is 7.82 Å². The largest absolute Gasteiger partial charge is 0.472 e. The smallest absolute Gasteiger partial charge is 0.388 e. The van der Waals surface area contributed by atoms with E-state index in [9.17, 15) is 19.7 Å². The van der Waals surface area contributed by atoms with Crippen molar-refractivity contribution in [2.75, 3.05) is 19.8 Å². The van der Waals surface area contributed by atoms with Gasteiger partial charge in [-0.1, -0.05) is 13.8 Å². The summed E-state index contributed by atoms with van der Waals surface area (Å²) in [5.41, 5.74) is 0. The fraction of sp³-hybridized carbons (Fsp3) is 1.00. The van der Waals surface area contributed by atoms with Gasteiger partial charge in [0.25, 0.3) is 0 Å². The van der Waals surface area contributed by atoms with E-state index in [2.05, 4.69) is 0 Å². The van der Waals surface area contributed by atoms with Crippen molar-refractivity contribution < 1.29 is 47.7 Å². The van der Waals surface area contributed by atoms with Crippen LogP contribution in [0.2, 0.25) is 0 Å². The lowest BCUT2D eigenvalue weighted by molar-refractivity contribution is -0.0681. The van der Waals surface area contributed by atoms with E-state index in [-0.39, 0.29) is 25.2 Å². The third-order valence-corrected chi connectivity index (χ3v) is 6.00. The minimum absolute atomic E-state index is 0.0739. The molecule has 30 heavy (non-hydrogen) atoms. The summed E-state index contributed by atoms with van der Waals surface area (Å²) < 4.78 is 45.4. The molecule has 13 heteroatoms. The van der Waals surface area contributed by atoms with Crippen LogP contribution in [-0.4, -0.2) is 105 Å². The Morgan fingerprint density at radius 1 is 0.967 bits per heavy atom. The Bertz CT molecular complexity index is 583. The summed E-state index contributed by atoms with van der Waals surface area (Å²) in [6.07, 6.45) is -5.28. The molecule has 2 aliphatic rings. The van der Waals surface area contributed by atoms with Crippen LogP contribution in [-0.2, 0) is 32.6 Å². The Labute approximate surface area is 179 Å². The van der Waals surface area contributed by atoms with E-state index in [0.29, 0.717) is 6.61 Å². The molecule has 3 unspecified atom stereocenters. The molecule has 2 saturated heterocycles. The second-order valence-electron chi connectivity index (χ2n) is 8.65. The molecule has 2 rings (SSSR count). The van der Waals surface area contributed by atoms with Crippen LogP contribution in [0.4, 0.5) is 0 Å². The van der Waals surface area contributed by atoms with Crippen molar-refractivity contribution in [2.45, 2.75) is 82.4 Å². The minimum atomic E-state index is -4.56. The van der Waals surface area contributed by atoms with E-state index in [1.54, 1.807) is 15.7 Å². The molecule has 10 nitrogen and oxygen atoms in total. The Hall–Kier alpha value is -0.000130. The second kappa shape index (κ2) is 11.2. The highest BCUT2D eigenvalue weighted by atomic mass is 31.2. The summed E-state index contributed by atoms with van der Waals surface area (Å²) >= 11 is 0. The van der Waals surface area contributed by atoms with Crippen LogP contribution in [0.25, 0.3) is 0 Å². The molecule has 0 saturated carbocycles. The number of aliphatic hydroxyl groups excluding tert-OH is 2. The number of phosphoric acid groups is 1. The van der Waals surface area contributed by atoms with Crippen LogP contribution in [0.5, 0.6) is 0 Å². The minimum Gasteiger partial charge on any atom is -0.388 e. The molecule has 174 valence electrons. The van der Waals surface area contributed by atoms with Gasteiger partial charge in [0, 0.05) is 6.61 Å². The van der Waals surface area contributed by atoms with Gasteiger partial charge in [0.05, 0.1) is 31.3 Å². The maximum Gasteiger partial charge on any atom is 0.472 e. The molecular formula is C17H35B2O10P. The molecule has 0 bridgehead atoms. The monoisotopic (exact) mass is 452 g/mol. The van der Waals surface area contributed by atoms with Gasteiger partial charge in [-0.2, -0.15) is 0 Å². The van der Waals surface area contributed by atoms with Crippen LogP contribution in [0.15, 0.2) is 0 Å². The standard InChI is InChI=1S/C17H35B2O10P/c1-8(2)5-25-14-11(28-16(18)12(14)20)7-26-30(22,23)29-15-10(6-24-9(3)4)27-17(19)13(15)21/h8-17,20-21H,5-7,18-19H2,1-4H3,(H,22,23)/t10-,11-,12?,13?,14+,15+,16-,17-/m1/s1. The third-order valence-electron chi connectivity index (χ3n) is 5.02. The Kier molecular flexibility index (Phi) is 9.83. The first-order valence-corrected chi connectivity index (χ1v) is 12.0. The average molecular weight is 452 g/mol. The zero-order chi connectivity index (χ0) is 22.6. The molecule has 9 atom stereocenters. The van der Waals surface area contributed by atoms with Crippen molar-refractivity contribution >= 4 is 23.5 Å². The van der Waals surface area contributed by atoms with Crippen LogP contribution in [0.3, 0.4) is 0 Å². The van der Waals surface area contributed by atoms with Gasteiger partial charge in [0.1, 0.15) is 52.3 Å². The summed E-state index contributed by atoms with van der Waals surface area (Å²) in [6.45, 7) is 7.83. The van der Waals surface area contributed by atoms with E-state index < -0.39 is 56.5 Å². The lowest BCUT2D eigenvalue weighted by Crippen LogP contribution is -2.39. The Morgan fingerprint density at radius 3 is 2.03 bits per heavy atom. The topological polar surface area (TPSA) is 133 Å². The summed E-state index contributed by atoms with van der Waals surface area (Å²) in [4.78, 5) is 10.2. The molecule has 0 radical (unpaired) electrons. The molecule has 2 aliphatic heterocycles. The maximum absolute atomic E-state index is 12.5. The average Bonchev–Trinajstić information content (AvgIpc) is 3.06. The molecule has 2 fully saturated rings. The van der Waals surface area contributed by atoms with Crippen molar-refractivity contribution in [2.24, 2.45) is 5.92 Å². The molecule has 0 aromatic carbocycles. The molecule has 3 N–H and O–H groups in total. The second-order valence-corrected chi connectivity index (χ2v) is 10.1. The highest BCUT2D eigenvalue weighted by molar-refractivity contribution is 7.47. The highest BCUT2D eigenvalue weighted by Gasteiger charge is 2.47. The third kappa shape index (κ3) is 7.27. The molecule has 0 amide bonds. The van der Waals surface area contributed by atoms with Gasteiger partial charge in [0.2, 0.25) is 0 Å². The van der Waals surface area contributed by atoms with Gasteiger partial charge in [-0.05, 0) is 19.8 Å². The quantitative estimate of drug-likeness (QED) is 0.249. The number of hydrogen-bond donors (Lipinski definition) is 3. The number of rotatable bonds is 11. The Balaban J connectivity index is 1.95. The van der Waals surface area contributed by atoms with E-state index >= 15 is 0 Å². The van der Waals surface area contributed by atoms with Crippen molar-refractivity contribution in [3.8, 4) is 0 Å². The lowest BCUT2D eigenvalue weighted by atomic mass is 9.93. The molecule has 0 aromatic heterocycles. The van der Waals surface area contributed by atoms with Gasteiger partial charge < -0.3 is 34.1 Å². The van der Waals surface area contributed by atoms with E-state index in [1.807, 2.05) is 27.7 Å². The predicted molar refractivity (Wildman–Crippen MR) is 113 cm³/mol. The van der Waals surface area contributed by atoms with Crippen LogP contribution in [0.1, 0.15) is 27.7 Å². The van der Waals surface area contributed by atoms with E-state index in [1.165, 1.54) is 0 Å². The van der Waals surface area contributed by atoms with E-state index in [0.717, 1.165) is 0 Å². The predicted octanol–water partition coefficient (Wildman–Crippen LogP) is -1.61. The number of aliphatic hydroxyl groups is 2. The first-order chi connectivity index (χ1) is 13.9. The molecule has 0 spiro atoms. The summed E-state index contributed by atoms with van der Waals surface area (Å²) in [7, 11) is -1.22. The molecule has 2 heterocycles. The lowest BCUT2D eigenvalue weighted by Gasteiger charge is -2.26. The zero-order valence-corrected chi connectivity index (χ0v) is 19.4. The van der Waals surface area contributed by atoms with E-state index in [4.69, 9.17) is 28.0 Å². The van der Waals surface area contributed by atoms with Crippen molar-refractivity contribution in [1.82, 2.24) is 0 Å². The summed E-state index contributed by atoms with van der Waals surface area (Å²) in [5.74, 6) is 0.248. The van der Waals surface area contributed by atoms with Gasteiger partial charge in [-0.25, -0.2) is 4.57 Å². The number of ether oxygens (including phenoxy) is 4. The van der Waals surface area contributed by atoms with Crippen molar-refractivity contribution in [3.05, 3.63) is 0 Å². The highest BCUT2D eigenvalue weighted by Crippen LogP contribution is 2.47. The van der Waals surface area contributed by atoms with Gasteiger partial charge in [-0.15, -0.1) is 0 Å². The normalized spacial score (nSPS) is 39.1. The molecular weight excluding hydrogens is 417 g/mol. The maximum atomic E-state index is 12.5. The fourth-order valence-corrected chi connectivity index (χ4v) is 4.35. The van der Waals surface area contributed by atoms with Gasteiger partial charge in [0.15, 0.2) is 0 Å². The van der Waals surface area contributed by atoms with Crippen LogP contribution < -0.4 is 0 Å². The Morgan fingerprint density at radius 2 is 1.50 bits per heavy atom. The summed E-state index contributed by atoms with van der Waals surface area (Å²) in [6, 6.07) is -1.09.